The van der Waals surface area contributed by atoms with Crippen LogP contribution in [0.5, 0.6) is 0 Å². The number of rotatable bonds is 10. The van der Waals surface area contributed by atoms with E-state index < -0.39 is 23.6 Å². The number of esters is 2. The van der Waals surface area contributed by atoms with Crippen LogP contribution in [0.25, 0.3) is 34.3 Å². The molecular weight excluding hydrogens is 834 g/mol. The second-order valence-electron chi connectivity index (χ2n) is 15.1. The number of carbonyl (C=O) groups is 2. The SMILES string of the molecule is CCOC(=O)c1cnc(-c2cnc3ccc(F)cn23)nc1Cl.CCOC(=O)c1cnc(-c2cnc3ccc(F)cn23)nc1NC1CCC(CC#N)CC1.N#CCC1CCC(N)CC1. The molecule has 6 aromatic heterocycles. The van der Waals surface area contributed by atoms with E-state index >= 15 is 0 Å². The highest BCUT2D eigenvalue weighted by Crippen LogP contribution is 2.30. The number of halogens is 3. The Morgan fingerprint density at radius 2 is 1.21 bits per heavy atom. The zero-order valence-electron chi connectivity index (χ0n) is 34.9. The highest BCUT2D eigenvalue weighted by Gasteiger charge is 2.25. The molecule has 2 saturated carbocycles. The predicted molar refractivity (Wildman–Crippen MR) is 229 cm³/mol. The number of imidazole rings is 2. The first-order valence-corrected chi connectivity index (χ1v) is 21.1. The minimum Gasteiger partial charge on any atom is -0.462 e. The fourth-order valence-electron chi connectivity index (χ4n) is 7.40. The summed E-state index contributed by atoms with van der Waals surface area (Å²) in [4.78, 5) is 49.6. The lowest BCUT2D eigenvalue weighted by Gasteiger charge is -2.28. The number of ether oxygens (including phenoxy) is 2. The standard InChI is InChI=1S/C22H23FN6O2.C14H10ClFN4O2.C8H14N2/c1-2-31-22(30)17-11-26-21(18-12-25-19-8-5-15(23)13-29(18)19)28-20(17)27-16-6-3-14(4-7-16)9-10-24;1-2-22-14(21)9-5-18-13(19-12(9)15)10-6-17-11-4-3-8(16)7-20(10)11;9-6-5-7-1-3-8(10)4-2-7/h5,8,11-14,16H,2-4,6-7,9H2,1H3,(H,26,27,28);3-7H,2H2,1H3;7-8H,1-5,10H2. The van der Waals surface area contributed by atoms with E-state index in [1.165, 1.54) is 53.6 Å². The monoisotopic (exact) mass is 880 g/mol. The van der Waals surface area contributed by atoms with Crippen molar-refractivity contribution in [3.8, 4) is 35.2 Å². The predicted octanol–water partition coefficient (Wildman–Crippen LogP) is 8.17. The third kappa shape index (κ3) is 11.8. The van der Waals surface area contributed by atoms with Gasteiger partial charge in [-0.1, -0.05) is 11.6 Å². The molecular formula is C44H47ClF2N12O4. The van der Waals surface area contributed by atoms with Crippen LogP contribution >= 0.6 is 11.6 Å². The lowest BCUT2D eigenvalue weighted by atomic mass is 9.84. The van der Waals surface area contributed by atoms with Gasteiger partial charge in [-0.3, -0.25) is 8.80 Å². The normalized spacial score (nSPS) is 18.2. The Morgan fingerprint density at radius 3 is 1.70 bits per heavy atom. The number of nitrogens with zero attached hydrogens (tertiary/aromatic N) is 10. The molecule has 0 spiro atoms. The van der Waals surface area contributed by atoms with Gasteiger partial charge in [0.05, 0.1) is 37.7 Å². The Morgan fingerprint density at radius 1 is 0.730 bits per heavy atom. The number of anilines is 1. The van der Waals surface area contributed by atoms with Gasteiger partial charge in [0.25, 0.3) is 0 Å². The van der Waals surface area contributed by atoms with Crippen molar-refractivity contribution in [1.82, 2.24) is 38.7 Å². The molecule has 0 aromatic carbocycles. The van der Waals surface area contributed by atoms with Crippen molar-refractivity contribution in [2.75, 3.05) is 18.5 Å². The van der Waals surface area contributed by atoms with E-state index in [0.29, 0.717) is 58.6 Å². The molecule has 8 rings (SSSR count). The van der Waals surface area contributed by atoms with E-state index in [1.807, 2.05) is 0 Å². The van der Waals surface area contributed by atoms with Crippen LogP contribution in [0.3, 0.4) is 0 Å². The maximum Gasteiger partial charge on any atom is 0.343 e. The van der Waals surface area contributed by atoms with E-state index in [-0.39, 0.29) is 41.4 Å². The van der Waals surface area contributed by atoms with Crippen molar-refractivity contribution < 1.29 is 27.8 Å². The summed E-state index contributed by atoms with van der Waals surface area (Å²) in [6, 6.07) is 10.8. The second-order valence-corrected chi connectivity index (χ2v) is 15.5. The molecule has 0 radical (unpaired) electrons. The maximum atomic E-state index is 13.8. The van der Waals surface area contributed by atoms with Crippen molar-refractivity contribution in [1.29, 1.82) is 10.5 Å². The third-order valence-corrected chi connectivity index (χ3v) is 11.0. The van der Waals surface area contributed by atoms with E-state index in [9.17, 15) is 18.4 Å². The molecule has 2 aliphatic rings. The molecule has 2 fully saturated rings. The van der Waals surface area contributed by atoms with Crippen molar-refractivity contribution >= 4 is 40.7 Å². The van der Waals surface area contributed by atoms with Gasteiger partial charge in [-0.2, -0.15) is 10.5 Å². The molecule has 0 saturated heterocycles. The van der Waals surface area contributed by atoms with E-state index in [2.05, 4.69) is 47.4 Å². The van der Waals surface area contributed by atoms with Gasteiger partial charge in [-0.15, -0.1) is 0 Å². The van der Waals surface area contributed by atoms with Gasteiger partial charge in [0.15, 0.2) is 11.6 Å². The number of nitrogens with one attached hydrogen (secondary N) is 1. The molecule has 0 unspecified atom stereocenters. The number of fused-ring (bicyclic) bond motifs is 2. The minimum absolute atomic E-state index is 0.0326. The van der Waals surface area contributed by atoms with Crippen molar-refractivity contribution in [3.63, 3.8) is 0 Å². The summed E-state index contributed by atoms with van der Waals surface area (Å²) >= 11 is 6.00. The molecule has 2 aliphatic carbocycles. The number of nitriles is 2. The second kappa shape index (κ2) is 21.9. The molecule has 0 aliphatic heterocycles. The highest BCUT2D eigenvalue weighted by molar-refractivity contribution is 6.32. The summed E-state index contributed by atoms with van der Waals surface area (Å²) in [5.74, 6) is 0.0957. The number of aromatic nitrogens is 8. The molecule has 6 heterocycles. The van der Waals surface area contributed by atoms with Crippen molar-refractivity contribution in [2.45, 2.75) is 90.1 Å². The largest absolute Gasteiger partial charge is 0.462 e. The molecule has 328 valence electrons. The number of nitrogens with two attached hydrogens (primary N) is 1. The summed E-state index contributed by atoms with van der Waals surface area (Å²) in [6.45, 7) is 3.90. The topological polar surface area (TPSA) is 224 Å². The Bertz CT molecular complexity index is 2610. The van der Waals surface area contributed by atoms with Gasteiger partial charge in [-0.25, -0.2) is 48.3 Å². The Kier molecular flexibility index (Phi) is 16.0. The maximum absolute atomic E-state index is 13.8. The Balaban J connectivity index is 0.000000178. The van der Waals surface area contributed by atoms with Crippen LogP contribution in [0.15, 0.2) is 61.4 Å². The van der Waals surface area contributed by atoms with Gasteiger partial charge in [0, 0.05) is 49.7 Å². The summed E-state index contributed by atoms with van der Waals surface area (Å²) in [7, 11) is 0. The third-order valence-electron chi connectivity index (χ3n) is 10.8. The average molecular weight is 881 g/mol. The van der Waals surface area contributed by atoms with Gasteiger partial charge in [0.2, 0.25) is 0 Å². The smallest absolute Gasteiger partial charge is 0.343 e. The first kappa shape index (κ1) is 45.9. The van der Waals surface area contributed by atoms with E-state index in [0.717, 1.165) is 57.8 Å². The quantitative estimate of drug-likeness (QED) is 0.0978. The zero-order valence-corrected chi connectivity index (χ0v) is 35.6. The number of hydrogen-bond donors (Lipinski definition) is 2. The van der Waals surface area contributed by atoms with Gasteiger partial charge in [0.1, 0.15) is 56.4 Å². The van der Waals surface area contributed by atoms with Crippen LogP contribution in [0.4, 0.5) is 14.6 Å². The van der Waals surface area contributed by atoms with Crippen LogP contribution in [0, 0.1) is 46.1 Å². The Labute approximate surface area is 367 Å². The number of hydrogen-bond acceptors (Lipinski definition) is 14. The number of carbonyl (C=O) groups excluding carboxylic acids is 2. The van der Waals surface area contributed by atoms with Gasteiger partial charge >= 0.3 is 11.9 Å². The summed E-state index contributed by atoms with van der Waals surface area (Å²) in [6.07, 6.45) is 17.9. The first-order chi connectivity index (χ1) is 30.5. The fraction of sp³-hybridized carbons (Fsp3) is 0.409. The lowest BCUT2D eigenvalue weighted by Crippen LogP contribution is -2.27. The molecule has 6 aromatic rings. The highest BCUT2D eigenvalue weighted by atomic mass is 35.5. The molecule has 0 atom stereocenters. The lowest BCUT2D eigenvalue weighted by molar-refractivity contribution is 0.0516. The van der Waals surface area contributed by atoms with Crippen LogP contribution < -0.4 is 11.1 Å². The van der Waals surface area contributed by atoms with Crippen molar-refractivity contribution in [3.05, 3.63) is 89.4 Å². The summed E-state index contributed by atoms with van der Waals surface area (Å²) in [5.41, 5.74) is 8.14. The summed E-state index contributed by atoms with van der Waals surface area (Å²) < 4.78 is 40.2. The average Bonchev–Trinajstić information content (AvgIpc) is 3.90. The van der Waals surface area contributed by atoms with Crippen LogP contribution in [0.2, 0.25) is 5.15 Å². The molecule has 3 N–H and O–H groups in total. The molecule has 63 heavy (non-hydrogen) atoms. The van der Waals surface area contributed by atoms with E-state index in [1.54, 1.807) is 30.5 Å². The number of pyridine rings is 2. The molecule has 16 nitrogen and oxygen atoms in total. The van der Waals surface area contributed by atoms with Gasteiger partial charge in [-0.05, 0) is 101 Å². The fourth-order valence-corrected chi connectivity index (χ4v) is 7.60. The molecule has 0 bridgehead atoms. The molecule has 19 heteroatoms. The minimum atomic E-state index is -0.594. The van der Waals surface area contributed by atoms with Crippen LogP contribution in [0.1, 0.15) is 98.8 Å². The van der Waals surface area contributed by atoms with Crippen LogP contribution in [-0.2, 0) is 9.47 Å². The van der Waals surface area contributed by atoms with Gasteiger partial charge < -0.3 is 20.5 Å². The Hall–Kier alpha value is -6.63. The van der Waals surface area contributed by atoms with Crippen molar-refractivity contribution in [2.24, 2.45) is 17.6 Å². The molecule has 0 amide bonds. The van der Waals surface area contributed by atoms with E-state index in [4.69, 9.17) is 37.3 Å². The van der Waals surface area contributed by atoms with Crippen LogP contribution in [-0.4, -0.2) is 75.9 Å². The zero-order chi connectivity index (χ0) is 44.9. The summed E-state index contributed by atoms with van der Waals surface area (Å²) in [5, 5.41) is 20.7. The first-order valence-electron chi connectivity index (χ1n) is 20.8.